The Bertz CT molecular complexity index is 504. The number of hydrogen-bond acceptors (Lipinski definition) is 4. The first-order valence-corrected chi connectivity index (χ1v) is 7.13. The molecular formula is C15H20ClNO4. The zero-order chi connectivity index (χ0) is 15.8. The van der Waals surface area contributed by atoms with Crippen molar-refractivity contribution in [3.05, 3.63) is 28.8 Å². The summed E-state index contributed by atoms with van der Waals surface area (Å²) in [5.41, 5.74) is 0.367. The minimum absolute atomic E-state index is 0.341. The zero-order valence-electron chi connectivity index (χ0n) is 12.4. The third kappa shape index (κ3) is 4.93. The summed E-state index contributed by atoms with van der Waals surface area (Å²) in [7, 11) is 2.80. The third-order valence-electron chi connectivity index (χ3n) is 3.05. The van der Waals surface area contributed by atoms with Crippen molar-refractivity contribution in [2.24, 2.45) is 0 Å². The van der Waals surface area contributed by atoms with Crippen molar-refractivity contribution in [2.75, 3.05) is 14.2 Å². The average molecular weight is 314 g/mol. The Morgan fingerprint density at radius 2 is 2.05 bits per heavy atom. The van der Waals surface area contributed by atoms with Gasteiger partial charge in [-0.15, -0.1) is 0 Å². The Morgan fingerprint density at radius 1 is 1.33 bits per heavy atom. The number of halogens is 1. The molecule has 0 aromatic heterocycles. The molecule has 1 N–H and O–H groups in total. The smallest absolute Gasteiger partial charge is 0.328 e. The van der Waals surface area contributed by atoms with E-state index in [1.54, 1.807) is 12.1 Å². The lowest BCUT2D eigenvalue weighted by molar-refractivity contribution is -0.143. The highest BCUT2D eigenvalue weighted by molar-refractivity contribution is 6.32. The second-order valence-corrected chi connectivity index (χ2v) is 4.95. The number of benzene rings is 1. The topological polar surface area (TPSA) is 64.6 Å². The minimum atomic E-state index is -0.650. The Hall–Kier alpha value is -1.75. The van der Waals surface area contributed by atoms with E-state index in [0.717, 1.165) is 12.8 Å². The average Bonchev–Trinajstić information content (AvgIpc) is 2.50. The van der Waals surface area contributed by atoms with Gasteiger partial charge in [0.25, 0.3) is 5.91 Å². The van der Waals surface area contributed by atoms with Crippen LogP contribution in [0.15, 0.2) is 18.2 Å². The van der Waals surface area contributed by atoms with E-state index in [4.69, 9.17) is 21.1 Å². The lowest BCUT2D eigenvalue weighted by Crippen LogP contribution is -2.41. The monoisotopic (exact) mass is 313 g/mol. The van der Waals surface area contributed by atoms with Crippen molar-refractivity contribution >= 4 is 23.5 Å². The van der Waals surface area contributed by atoms with Gasteiger partial charge in [0.15, 0.2) is 0 Å². The molecule has 1 amide bonds. The molecule has 6 heteroatoms. The van der Waals surface area contributed by atoms with E-state index in [9.17, 15) is 9.59 Å². The van der Waals surface area contributed by atoms with Gasteiger partial charge >= 0.3 is 5.97 Å². The molecule has 1 unspecified atom stereocenters. The summed E-state index contributed by atoms with van der Waals surface area (Å²) < 4.78 is 9.74. The van der Waals surface area contributed by atoms with E-state index in [0.29, 0.717) is 22.8 Å². The van der Waals surface area contributed by atoms with Crippen LogP contribution in [0.5, 0.6) is 5.75 Å². The number of ether oxygens (including phenoxy) is 2. The van der Waals surface area contributed by atoms with E-state index < -0.39 is 12.0 Å². The minimum Gasteiger partial charge on any atom is -0.495 e. The standard InChI is InChI=1S/C15H20ClNO4/c1-4-5-6-12(15(19)21-3)17-14(18)10-7-8-13(20-2)11(16)9-10/h7-9,12H,4-6H2,1-3H3,(H,17,18). The Balaban J connectivity index is 2.81. The highest BCUT2D eigenvalue weighted by Gasteiger charge is 2.21. The van der Waals surface area contributed by atoms with Crippen LogP contribution in [-0.4, -0.2) is 32.1 Å². The summed E-state index contributed by atoms with van der Waals surface area (Å²) in [6, 6.07) is 4.05. The summed E-state index contributed by atoms with van der Waals surface area (Å²) in [5, 5.41) is 3.01. The van der Waals surface area contributed by atoms with Crippen molar-refractivity contribution in [1.82, 2.24) is 5.32 Å². The number of carbonyl (C=O) groups is 2. The summed E-state index contributed by atoms with van der Waals surface area (Å²) in [6.07, 6.45) is 2.29. The Labute approximate surface area is 129 Å². The van der Waals surface area contributed by atoms with Crippen molar-refractivity contribution in [1.29, 1.82) is 0 Å². The van der Waals surface area contributed by atoms with E-state index in [1.807, 2.05) is 6.92 Å². The molecule has 0 heterocycles. The molecule has 0 aliphatic heterocycles. The lowest BCUT2D eigenvalue weighted by Gasteiger charge is -2.16. The van der Waals surface area contributed by atoms with E-state index >= 15 is 0 Å². The lowest BCUT2D eigenvalue weighted by atomic mass is 10.1. The molecule has 0 spiro atoms. The third-order valence-corrected chi connectivity index (χ3v) is 3.35. The number of rotatable bonds is 7. The second kappa shape index (κ2) is 8.52. The van der Waals surface area contributed by atoms with E-state index in [2.05, 4.69) is 5.32 Å². The second-order valence-electron chi connectivity index (χ2n) is 4.54. The Kier molecular flexibility index (Phi) is 7.02. The fourth-order valence-electron chi connectivity index (χ4n) is 1.85. The van der Waals surface area contributed by atoms with Crippen molar-refractivity contribution < 1.29 is 19.1 Å². The number of esters is 1. The van der Waals surface area contributed by atoms with Gasteiger partial charge in [0, 0.05) is 5.56 Å². The summed E-state index contributed by atoms with van der Waals surface area (Å²) in [6.45, 7) is 2.01. The maximum Gasteiger partial charge on any atom is 0.328 e. The molecule has 0 aliphatic rings. The van der Waals surface area contributed by atoms with E-state index in [1.165, 1.54) is 20.3 Å². The van der Waals surface area contributed by atoms with Crippen LogP contribution < -0.4 is 10.1 Å². The number of unbranched alkanes of at least 4 members (excludes halogenated alkanes) is 1. The quantitative estimate of drug-likeness (QED) is 0.786. The van der Waals surface area contributed by atoms with Crippen LogP contribution in [0, 0.1) is 0 Å². The molecular weight excluding hydrogens is 294 g/mol. The first-order chi connectivity index (χ1) is 10.0. The van der Waals surface area contributed by atoms with Gasteiger partial charge in [0.05, 0.1) is 19.2 Å². The van der Waals surface area contributed by atoms with Gasteiger partial charge < -0.3 is 14.8 Å². The van der Waals surface area contributed by atoms with Crippen molar-refractivity contribution in [3.63, 3.8) is 0 Å². The molecule has 1 rings (SSSR count). The molecule has 1 atom stereocenters. The SMILES string of the molecule is CCCCC(NC(=O)c1ccc(OC)c(Cl)c1)C(=O)OC. The van der Waals surface area contributed by atoms with Crippen LogP contribution in [-0.2, 0) is 9.53 Å². The zero-order valence-corrected chi connectivity index (χ0v) is 13.2. The molecule has 5 nitrogen and oxygen atoms in total. The maximum atomic E-state index is 12.2. The number of amides is 1. The van der Waals surface area contributed by atoms with Gasteiger partial charge in [-0.05, 0) is 24.6 Å². The van der Waals surface area contributed by atoms with Crippen molar-refractivity contribution in [2.45, 2.75) is 32.2 Å². The fourth-order valence-corrected chi connectivity index (χ4v) is 2.11. The molecule has 116 valence electrons. The molecule has 0 fully saturated rings. The molecule has 0 aliphatic carbocycles. The van der Waals surface area contributed by atoms with Gasteiger partial charge in [-0.25, -0.2) is 4.79 Å². The van der Waals surface area contributed by atoms with E-state index in [-0.39, 0.29) is 5.91 Å². The fraction of sp³-hybridized carbons (Fsp3) is 0.467. The van der Waals surface area contributed by atoms with Gasteiger partial charge in [-0.3, -0.25) is 4.79 Å². The van der Waals surface area contributed by atoms with Crippen LogP contribution in [0.2, 0.25) is 5.02 Å². The van der Waals surface area contributed by atoms with Crippen LogP contribution in [0.3, 0.4) is 0 Å². The molecule has 1 aromatic carbocycles. The molecule has 1 aromatic rings. The molecule has 0 saturated heterocycles. The summed E-state index contributed by atoms with van der Waals surface area (Å²) in [5.74, 6) is -0.328. The van der Waals surface area contributed by atoms with Crippen LogP contribution in [0.25, 0.3) is 0 Å². The Morgan fingerprint density at radius 3 is 2.57 bits per heavy atom. The van der Waals surface area contributed by atoms with Gasteiger partial charge in [-0.2, -0.15) is 0 Å². The van der Waals surface area contributed by atoms with Crippen LogP contribution in [0.1, 0.15) is 36.5 Å². The normalized spacial score (nSPS) is 11.6. The molecule has 0 radical (unpaired) electrons. The first kappa shape index (κ1) is 17.3. The number of nitrogens with one attached hydrogen (secondary N) is 1. The number of methoxy groups -OCH3 is 2. The van der Waals surface area contributed by atoms with Crippen molar-refractivity contribution in [3.8, 4) is 5.75 Å². The molecule has 0 saturated carbocycles. The molecule has 21 heavy (non-hydrogen) atoms. The predicted octanol–water partition coefficient (Wildman–Crippen LogP) is 2.81. The van der Waals surface area contributed by atoms with Gasteiger partial charge in [-0.1, -0.05) is 31.4 Å². The number of hydrogen-bond donors (Lipinski definition) is 1. The van der Waals surface area contributed by atoms with Crippen LogP contribution >= 0.6 is 11.6 Å². The van der Waals surface area contributed by atoms with Gasteiger partial charge in [0.1, 0.15) is 11.8 Å². The first-order valence-electron chi connectivity index (χ1n) is 6.75. The highest BCUT2D eigenvalue weighted by Crippen LogP contribution is 2.24. The molecule has 0 bridgehead atoms. The predicted molar refractivity (Wildman–Crippen MR) is 80.8 cm³/mol. The summed E-state index contributed by atoms with van der Waals surface area (Å²) in [4.78, 5) is 23.8. The summed E-state index contributed by atoms with van der Waals surface area (Å²) >= 11 is 5.99. The largest absolute Gasteiger partial charge is 0.495 e. The number of carbonyl (C=O) groups excluding carboxylic acids is 2. The highest BCUT2D eigenvalue weighted by atomic mass is 35.5. The van der Waals surface area contributed by atoms with Gasteiger partial charge in [0.2, 0.25) is 0 Å². The maximum absolute atomic E-state index is 12.2. The van der Waals surface area contributed by atoms with Crippen LogP contribution in [0.4, 0.5) is 0 Å².